The molecule has 0 radical (unpaired) electrons. The number of rotatable bonds is 12. The van der Waals surface area contributed by atoms with Crippen molar-refractivity contribution in [2.75, 3.05) is 18.6 Å². The van der Waals surface area contributed by atoms with Crippen molar-refractivity contribution in [3.63, 3.8) is 0 Å². The largest absolute Gasteiger partial charge is 0.497 e. The standard InChI is InChI=1S/C14H25NO4S.C10H15NO4S/c1-6-12(9-13(15)10-20(16,17)18)8-7-11(2)19-14(3,4)5;1-15-10-4-2-8(3-5-10)6-9(11)7-16(12,13)14/h6-8,13H,1,9-10,15H2,2-5H3,(H,16,17,18);2-5,9H,6-7,11H2,1H3,(H,12,13,14)/b11-7+,12-8+;/t;9-/m.0/s1. The first-order chi connectivity index (χ1) is 16.3. The summed E-state index contributed by atoms with van der Waals surface area (Å²) < 4.78 is 70.6. The first kappa shape index (κ1) is 33.8. The summed E-state index contributed by atoms with van der Waals surface area (Å²) in [4.78, 5) is 0. The van der Waals surface area contributed by atoms with Crippen LogP contribution in [0, 0.1) is 0 Å². The third kappa shape index (κ3) is 19.0. The Kier molecular flexibility index (Phi) is 14.2. The summed E-state index contributed by atoms with van der Waals surface area (Å²) >= 11 is 0. The van der Waals surface area contributed by atoms with Crippen LogP contribution in [0.25, 0.3) is 0 Å². The minimum absolute atomic E-state index is 0.274. The molecule has 12 heteroatoms. The van der Waals surface area contributed by atoms with Crippen LogP contribution in [0.4, 0.5) is 0 Å². The molecule has 0 amide bonds. The molecular formula is C24H40N2O8S2. The Labute approximate surface area is 215 Å². The zero-order chi connectivity index (χ0) is 28.2. The Morgan fingerprint density at radius 1 is 1.00 bits per heavy atom. The SMILES string of the molecule is C=C/C(=C\C=C(/C)OC(C)(C)C)CC(N)CS(=O)(=O)O.COc1ccc(C[C@H](N)CS(=O)(=O)O)cc1. The lowest BCUT2D eigenvalue weighted by Crippen LogP contribution is -2.31. The Hall–Kier alpha value is -2.22. The first-order valence-corrected chi connectivity index (χ1v) is 14.3. The van der Waals surface area contributed by atoms with Gasteiger partial charge < -0.3 is 20.9 Å². The highest BCUT2D eigenvalue weighted by atomic mass is 32.2. The van der Waals surface area contributed by atoms with Crippen LogP contribution in [0.3, 0.4) is 0 Å². The summed E-state index contributed by atoms with van der Waals surface area (Å²) in [6, 6.07) is 5.88. The molecule has 0 saturated heterocycles. The molecule has 0 fully saturated rings. The van der Waals surface area contributed by atoms with Gasteiger partial charge >= 0.3 is 0 Å². The topological polar surface area (TPSA) is 179 Å². The Morgan fingerprint density at radius 3 is 1.92 bits per heavy atom. The van der Waals surface area contributed by atoms with Crippen LogP contribution in [-0.2, 0) is 31.4 Å². The maximum atomic E-state index is 10.7. The molecule has 0 aliphatic heterocycles. The zero-order valence-electron chi connectivity index (χ0n) is 21.5. The van der Waals surface area contributed by atoms with E-state index in [4.69, 9.17) is 30.0 Å². The number of ether oxygens (including phenoxy) is 2. The monoisotopic (exact) mass is 548 g/mol. The van der Waals surface area contributed by atoms with Crippen LogP contribution in [0.2, 0.25) is 0 Å². The van der Waals surface area contributed by atoms with Crippen LogP contribution in [0.5, 0.6) is 5.75 Å². The van der Waals surface area contributed by atoms with Crippen molar-refractivity contribution in [2.45, 2.75) is 58.2 Å². The number of hydrogen-bond acceptors (Lipinski definition) is 8. The maximum absolute atomic E-state index is 10.7. The fourth-order valence-corrected chi connectivity index (χ4v) is 4.30. The highest BCUT2D eigenvalue weighted by Gasteiger charge is 2.14. The van der Waals surface area contributed by atoms with Crippen LogP contribution in [-0.4, -0.2) is 62.2 Å². The summed E-state index contributed by atoms with van der Waals surface area (Å²) in [6.45, 7) is 11.3. The molecule has 1 unspecified atom stereocenters. The first-order valence-electron chi connectivity index (χ1n) is 11.1. The lowest BCUT2D eigenvalue weighted by Gasteiger charge is -2.21. The highest BCUT2D eigenvalue weighted by molar-refractivity contribution is 7.86. The average Bonchev–Trinajstić information content (AvgIpc) is 2.68. The summed E-state index contributed by atoms with van der Waals surface area (Å²) in [7, 11) is -6.50. The van der Waals surface area contributed by atoms with Gasteiger partial charge in [-0.1, -0.05) is 30.9 Å². The van der Waals surface area contributed by atoms with Crippen LogP contribution >= 0.6 is 0 Å². The number of nitrogens with two attached hydrogens (primary N) is 2. The summed E-state index contributed by atoms with van der Waals surface area (Å²) in [5, 5.41) is 0. The molecule has 2 atom stereocenters. The molecule has 1 aromatic carbocycles. The van der Waals surface area contributed by atoms with Crippen molar-refractivity contribution < 1.29 is 35.4 Å². The minimum Gasteiger partial charge on any atom is -0.497 e. The molecular weight excluding hydrogens is 508 g/mol. The van der Waals surface area contributed by atoms with E-state index in [0.717, 1.165) is 22.6 Å². The maximum Gasteiger partial charge on any atom is 0.266 e. The molecule has 0 spiro atoms. The Balaban J connectivity index is 0.000000696. The smallest absolute Gasteiger partial charge is 0.266 e. The second kappa shape index (κ2) is 15.1. The van der Waals surface area contributed by atoms with Crippen LogP contribution in [0.1, 0.15) is 39.7 Å². The van der Waals surface area contributed by atoms with Gasteiger partial charge in [-0.05, 0) is 69.9 Å². The van der Waals surface area contributed by atoms with Crippen molar-refractivity contribution in [1.82, 2.24) is 0 Å². The normalized spacial score (nSPS) is 14.8. The number of methoxy groups -OCH3 is 1. The van der Waals surface area contributed by atoms with E-state index in [0.29, 0.717) is 12.8 Å². The summed E-state index contributed by atoms with van der Waals surface area (Å²) in [6.07, 6.45) is 5.86. The van der Waals surface area contributed by atoms with Crippen molar-refractivity contribution in [3.05, 3.63) is 66.0 Å². The molecule has 6 N–H and O–H groups in total. The predicted octanol–water partition coefficient (Wildman–Crippen LogP) is 2.88. The molecule has 206 valence electrons. The predicted molar refractivity (Wildman–Crippen MR) is 143 cm³/mol. The van der Waals surface area contributed by atoms with Crippen molar-refractivity contribution in [3.8, 4) is 5.75 Å². The van der Waals surface area contributed by atoms with Crippen molar-refractivity contribution >= 4 is 20.2 Å². The zero-order valence-corrected chi connectivity index (χ0v) is 23.2. The quantitative estimate of drug-likeness (QED) is 0.172. The summed E-state index contributed by atoms with van der Waals surface area (Å²) in [5.74, 6) is 0.561. The van der Waals surface area contributed by atoms with Gasteiger partial charge in [-0.3, -0.25) is 9.11 Å². The van der Waals surface area contributed by atoms with E-state index in [2.05, 4.69) is 6.58 Å². The molecule has 0 aliphatic carbocycles. The van der Waals surface area contributed by atoms with Gasteiger partial charge in [0.1, 0.15) is 11.4 Å². The molecule has 0 saturated carbocycles. The number of allylic oxidation sites excluding steroid dienone is 4. The van der Waals surface area contributed by atoms with Gasteiger partial charge in [0.05, 0.1) is 24.4 Å². The Bertz CT molecular complexity index is 1090. The van der Waals surface area contributed by atoms with E-state index >= 15 is 0 Å². The molecule has 0 aromatic heterocycles. The van der Waals surface area contributed by atoms with Gasteiger partial charge in [-0.15, -0.1) is 0 Å². The lowest BCUT2D eigenvalue weighted by molar-refractivity contribution is 0.0535. The van der Waals surface area contributed by atoms with Gasteiger partial charge in [0.2, 0.25) is 0 Å². The van der Waals surface area contributed by atoms with E-state index in [1.807, 2.05) is 39.8 Å². The van der Waals surface area contributed by atoms with E-state index in [-0.39, 0.29) is 5.60 Å². The van der Waals surface area contributed by atoms with Gasteiger partial charge in [0.15, 0.2) is 0 Å². The summed E-state index contributed by atoms with van der Waals surface area (Å²) in [5.41, 5.74) is 12.7. The third-order valence-corrected chi connectivity index (χ3v) is 5.96. The number of hydrogen-bond donors (Lipinski definition) is 4. The molecule has 1 rings (SSSR count). The molecule has 10 nitrogen and oxygen atoms in total. The highest BCUT2D eigenvalue weighted by Crippen LogP contribution is 2.15. The number of benzene rings is 1. The van der Waals surface area contributed by atoms with Gasteiger partial charge in [-0.25, -0.2) is 0 Å². The van der Waals surface area contributed by atoms with E-state index in [1.54, 1.807) is 37.5 Å². The molecule has 0 bridgehead atoms. The fourth-order valence-electron chi connectivity index (χ4n) is 2.99. The van der Waals surface area contributed by atoms with Gasteiger partial charge in [0, 0.05) is 12.1 Å². The lowest BCUT2D eigenvalue weighted by atomic mass is 10.1. The van der Waals surface area contributed by atoms with E-state index in [9.17, 15) is 16.8 Å². The minimum atomic E-state index is -4.06. The molecule has 1 aromatic rings. The molecule has 36 heavy (non-hydrogen) atoms. The van der Waals surface area contributed by atoms with Crippen molar-refractivity contribution in [1.29, 1.82) is 0 Å². The average molecular weight is 549 g/mol. The molecule has 0 aliphatic rings. The molecule has 0 heterocycles. The van der Waals surface area contributed by atoms with Crippen LogP contribution < -0.4 is 16.2 Å². The van der Waals surface area contributed by atoms with Crippen molar-refractivity contribution in [2.24, 2.45) is 11.5 Å². The Morgan fingerprint density at radius 2 is 1.50 bits per heavy atom. The fraction of sp³-hybridized carbons (Fsp3) is 0.500. The second-order valence-corrected chi connectivity index (χ2v) is 12.2. The van der Waals surface area contributed by atoms with E-state index in [1.165, 1.54) is 0 Å². The van der Waals surface area contributed by atoms with Gasteiger partial charge in [0.25, 0.3) is 20.2 Å². The third-order valence-electron chi connectivity index (χ3n) is 4.27. The van der Waals surface area contributed by atoms with E-state index < -0.39 is 43.8 Å². The second-order valence-electron chi connectivity index (χ2n) is 9.21. The van der Waals surface area contributed by atoms with Gasteiger partial charge in [-0.2, -0.15) is 16.8 Å². The van der Waals surface area contributed by atoms with Crippen LogP contribution in [0.15, 0.2) is 60.4 Å².